The van der Waals surface area contributed by atoms with Crippen molar-refractivity contribution in [2.75, 3.05) is 13.2 Å². The van der Waals surface area contributed by atoms with Gasteiger partial charge >= 0.3 is 0 Å². The fraction of sp³-hybridized carbons (Fsp3) is 0.625. The second-order valence-corrected chi connectivity index (χ2v) is 5.71. The standard InChI is InChI=1S/C16H24ClNO/c1-2-10-18-16(9-8-15-7-4-11-19-15)13-5-3-6-14(17)12-13/h3,5-6,12,15-16,18H,2,4,7-11H2,1H3. The smallest absolute Gasteiger partial charge is 0.0576 e. The average Bonchev–Trinajstić information content (AvgIpc) is 2.92. The molecule has 1 fully saturated rings. The van der Waals surface area contributed by atoms with Gasteiger partial charge in [-0.05, 0) is 56.3 Å². The normalized spacial score (nSPS) is 20.6. The van der Waals surface area contributed by atoms with E-state index in [0.29, 0.717) is 12.1 Å². The second-order valence-electron chi connectivity index (χ2n) is 5.27. The van der Waals surface area contributed by atoms with Crippen molar-refractivity contribution in [2.24, 2.45) is 0 Å². The van der Waals surface area contributed by atoms with E-state index in [4.69, 9.17) is 16.3 Å². The number of hydrogen-bond donors (Lipinski definition) is 1. The van der Waals surface area contributed by atoms with Crippen molar-refractivity contribution in [3.8, 4) is 0 Å². The lowest BCUT2D eigenvalue weighted by molar-refractivity contribution is 0.0996. The third kappa shape index (κ3) is 4.79. The molecule has 3 heteroatoms. The van der Waals surface area contributed by atoms with Crippen LogP contribution < -0.4 is 5.32 Å². The molecule has 0 spiro atoms. The molecule has 0 radical (unpaired) electrons. The molecule has 0 bridgehead atoms. The van der Waals surface area contributed by atoms with Gasteiger partial charge in [-0.1, -0.05) is 30.7 Å². The van der Waals surface area contributed by atoms with Gasteiger partial charge in [-0.15, -0.1) is 0 Å². The third-order valence-corrected chi connectivity index (χ3v) is 3.93. The molecule has 1 aliphatic rings. The minimum Gasteiger partial charge on any atom is -0.378 e. The Morgan fingerprint density at radius 2 is 2.37 bits per heavy atom. The van der Waals surface area contributed by atoms with Crippen LogP contribution in [0.4, 0.5) is 0 Å². The first-order valence-electron chi connectivity index (χ1n) is 7.40. The van der Waals surface area contributed by atoms with Crippen molar-refractivity contribution in [1.29, 1.82) is 0 Å². The Morgan fingerprint density at radius 1 is 1.47 bits per heavy atom. The lowest BCUT2D eigenvalue weighted by Crippen LogP contribution is -2.23. The number of rotatable bonds is 7. The van der Waals surface area contributed by atoms with Gasteiger partial charge in [0.1, 0.15) is 0 Å². The van der Waals surface area contributed by atoms with E-state index in [9.17, 15) is 0 Å². The van der Waals surface area contributed by atoms with Gasteiger partial charge in [-0.3, -0.25) is 0 Å². The molecule has 0 aliphatic carbocycles. The number of benzene rings is 1. The van der Waals surface area contributed by atoms with Crippen LogP contribution in [0.5, 0.6) is 0 Å². The number of nitrogens with one attached hydrogen (secondary N) is 1. The average molecular weight is 282 g/mol. The highest BCUT2D eigenvalue weighted by molar-refractivity contribution is 6.30. The summed E-state index contributed by atoms with van der Waals surface area (Å²) in [6, 6.07) is 8.59. The quantitative estimate of drug-likeness (QED) is 0.803. The molecule has 0 aromatic heterocycles. The second kappa shape index (κ2) is 7.88. The molecular weight excluding hydrogens is 258 g/mol. The lowest BCUT2D eigenvalue weighted by Gasteiger charge is -2.21. The molecule has 2 atom stereocenters. The van der Waals surface area contributed by atoms with Crippen LogP contribution in [-0.2, 0) is 4.74 Å². The Kier molecular flexibility index (Phi) is 6.15. The van der Waals surface area contributed by atoms with Crippen molar-refractivity contribution < 1.29 is 4.74 Å². The summed E-state index contributed by atoms with van der Waals surface area (Å²) in [4.78, 5) is 0. The highest BCUT2D eigenvalue weighted by Gasteiger charge is 2.18. The highest BCUT2D eigenvalue weighted by Crippen LogP contribution is 2.25. The highest BCUT2D eigenvalue weighted by atomic mass is 35.5. The molecule has 1 aliphatic heterocycles. The zero-order chi connectivity index (χ0) is 13.5. The first-order chi connectivity index (χ1) is 9.29. The van der Waals surface area contributed by atoms with E-state index in [1.807, 2.05) is 12.1 Å². The van der Waals surface area contributed by atoms with Gasteiger partial charge in [0.25, 0.3) is 0 Å². The number of hydrogen-bond acceptors (Lipinski definition) is 2. The van der Waals surface area contributed by atoms with Crippen LogP contribution in [0.15, 0.2) is 24.3 Å². The maximum atomic E-state index is 6.10. The summed E-state index contributed by atoms with van der Waals surface area (Å²) in [5.41, 5.74) is 1.29. The Labute approximate surface area is 121 Å². The minimum absolute atomic E-state index is 0.392. The third-order valence-electron chi connectivity index (χ3n) is 3.69. The van der Waals surface area contributed by atoms with Gasteiger partial charge in [-0.25, -0.2) is 0 Å². The molecule has 2 rings (SSSR count). The summed E-state index contributed by atoms with van der Waals surface area (Å²) >= 11 is 6.10. The summed E-state index contributed by atoms with van der Waals surface area (Å²) < 4.78 is 5.71. The molecule has 1 aromatic carbocycles. The maximum absolute atomic E-state index is 6.10. The molecule has 106 valence electrons. The van der Waals surface area contributed by atoms with Crippen LogP contribution in [0.3, 0.4) is 0 Å². The summed E-state index contributed by atoms with van der Waals surface area (Å²) in [6.07, 6.45) is 6.30. The molecule has 1 aromatic rings. The van der Waals surface area contributed by atoms with Crippen LogP contribution in [0.1, 0.15) is 50.6 Å². The Morgan fingerprint density at radius 3 is 3.05 bits per heavy atom. The van der Waals surface area contributed by atoms with Gasteiger partial charge < -0.3 is 10.1 Å². The van der Waals surface area contributed by atoms with E-state index in [0.717, 1.165) is 37.4 Å². The predicted octanol–water partition coefficient (Wildman–Crippen LogP) is 4.34. The van der Waals surface area contributed by atoms with E-state index >= 15 is 0 Å². The molecular formula is C16H24ClNO. The van der Waals surface area contributed by atoms with Crippen LogP contribution in [0.2, 0.25) is 5.02 Å². The number of halogens is 1. The van der Waals surface area contributed by atoms with Crippen molar-refractivity contribution in [3.63, 3.8) is 0 Å². The van der Waals surface area contributed by atoms with Crippen LogP contribution in [0.25, 0.3) is 0 Å². The summed E-state index contributed by atoms with van der Waals surface area (Å²) in [5, 5.41) is 4.44. The molecule has 1 N–H and O–H groups in total. The van der Waals surface area contributed by atoms with Crippen molar-refractivity contribution >= 4 is 11.6 Å². The van der Waals surface area contributed by atoms with E-state index in [1.165, 1.54) is 18.4 Å². The Balaban J connectivity index is 1.94. The van der Waals surface area contributed by atoms with Crippen LogP contribution in [-0.4, -0.2) is 19.3 Å². The first-order valence-corrected chi connectivity index (χ1v) is 7.78. The Bertz CT molecular complexity index is 377. The van der Waals surface area contributed by atoms with E-state index in [2.05, 4.69) is 24.4 Å². The molecule has 2 nitrogen and oxygen atoms in total. The SMILES string of the molecule is CCCNC(CCC1CCCO1)c1cccc(Cl)c1. The summed E-state index contributed by atoms with van der Waals surface area (Å²) in [6.45, 7) is 4.18. The van der Waals surface area contributed by atoms with Crippen LogP contribution in [0, 0.1) is 0 Å². The molecule has 1 saturated heterocycles. The van der Waals surface area contributed by atoms with Gasteiger partial charge in [-0.2, -0.15) is 0 Å². The summed E-state index contributed by atoms with van der Waals surface area (Å²) in [7, 11) is 0. The zero-order valence-corrected chi connectivity index (χ0v) is 12.5. The molecule has 1 heterocycles. The van der Waals surface area contributed by atoms with Gasteiger partial charge in [0.15, 0.2) is 0 Å². The van der Waals surface area contributed by atoms with Crippen molar-refractivity contribution in [1.82, 2.24) is 5.32 Å². The molecule has 2 unspecified atom stereocenters. The zero-order valence-electron chi connectivity index (χ0n) is 11.7. The van der Waals surface area contributed by atoms with Gasteiger partial charge in [0, 0.05) is 17.7 Å². The predicted molar refractivity (Wildman–Crippen MR) is 80.7 cm³/mol. The summed E-state index contributed by atoms with van der Waals surface area (Å²) in [5.74, 6) is 0. The van der Waals surface area contributed by atoms with Crippen molar-refractivity contribution in [2.45, 2.75) is 51.2 Å². The van der Waals surface area contributed by atoms with E-state index < -0.39 is 0 Å². The first kappa shape index (κ1) is 14.8. The topological polar surface area (TPSA) is 21.3 Å². The monoisotopic (exact) mass is 281 g/mol. The Hall–Kier alpha value is -0.570. The largest absolute Gasteiger partial charge is 0.378 e. The molecule has 0 saturated carbocycles. The fourth-order valence-electron chi connectivity index (χ4n) is 2.65. The molecule has 19 heavy (non-hydrogen) atoms. The van der Waals surface area contributed by atoms with Crippen molar-refractivity contribution in [3.05, 3.63) is 34.9 Å². The number of ether oxygens (including phenoxy) is 1. The van der Waals surface area contributed by atoms with Crippen LogP contribution >= 0.6 is 11.6 Å². The lowest BCUT2D eigenvalue weighted by atomic mass is 9.99. The minimum atomic E-state index is 0.392. The van der Waals surface area contributed by atoms with Gasteiger partial charge in [0.05, 0.1) is 6.10 Å². The van der Waals surface area contributed by atoms with E-state index in [1.54, 1.807) is 0 Å². The van der Waals surface area contributed by atoms with E-state index in [-0.39, 0.29) is 0 Å². The van der Waals surface area contributed by atoms with Gasteiger partial charge in [0.2, 0.25) is 0 Å². The fourth-order valence-corrected chi connectivity index (χ4v) is 2.85. The maximum Gasteiger partial charge on any atom is 0.0576 e. The molecule has 0 amide bonds.